The number of hydrogen-bond acceptors (Lipinski definition) is 7. The van der Waals surface area contributed by atoms with Gasteiger partial charge in [-0.3, -0.25) is 4.98 Å². The lowest BCUT2D eigenvalue weighted by Crippen LogP contribution is -2.04. The van der Waals surface area contributed by atoms with Crippen LogP contribution in [0.1, 0.15) is 22.5 Å². The molecule has 2 aromatic carbocycles. The molecule has 0 N–H and O–H groups in total. The molecule has 154 valence electrons. The summed E-state index contributed by atoms with van der Waals surface area (Å²) in [5.41, 5.74) is 6.17. The zero-order valence-corrected chi connectivity index (χ0v) is 18.0. The number of aryl methyl sites for hydroxylation is 2. The van der Waals surface area contributed by atoms with Crippen molar-refractivity contribution in [2.45, 2.75) is 31.3 Å². The Labute approximate surface area is 183 Å². The van der Waals surface area contributed by atoms with Gasteiger partial charge in [0.15, 0.2) is 0 Å². The third-order valence-corrected chi connectivity index (χ3v) is 5.93. The number of hydrogen-bond donors (Lipinski definition) is 0. The van der Waals surface area contributed by atoms with Crippen molar-refractivity contribution in [1.29, 1.82) is 0 Å². The number of fused-ring (bicyclic) bond motifs is 1. The molecule has 0 aliphatic carbocycles. The molecule has 0 saturated heterocycles. The van der Waals surface area contributed by atoms with Crippen LogP contribution >= 0.6 is 11.8 Å². The number of benzene rings is 2. The van der Waals surface area contributed by atoms with E-state index in [4.69, 9.17) is 4.98 Å². The van der Waals surface area contributed by atoms with Gasteiger partial charge in [-0.1, -0.05) is 46.8 Å². The first-order chi connectivity index (χ1) is 15.2. The fraction of sp³-hybridized carbons (Fsp3) is 0.182. The summed E-state index contributed by atoms with van der Waals surface area (Å²) in [4.78, 5) is 4.74. The Kier molecular flexibility index (Phi) is 5.17. The smallest absolute Gasteiger partial charge is 0.214 e. The van der Waals surface area contributed by atoms with Gasteiger partial charge in [-0.25, -0.2) is 4.68 Å². The molecule has 5 aromatic rings. The minimum Gasteiger partial charge on any atom is -0.253 e. The number of thioether (sulfide) groups is 1. The summed E-state index contributed by atoms with van der Waals surface area (Å²) in [5, 5.41) is 22.5. The largest absolute Gasteiger partial charge is 0.253 e. The van der Waals surface area contributed by atoms with Crippen LogP contribution in [0.3, 0.4) is 0 Å². The Morgan fingerprint density at radius 1 is 0.935 bits per heavy atom. The highest BCUT2D eigenvalue weighted by atomic mass is 32.2. The fourth-order valence-electron chi connectivity index (χ4n) is 3.39. The second-order valence-corrected chi connectivity index (χ2v) is 8.28. The standard InChI is InChI=1S/C22H20N8S/c1-15-8-9-21-17(10-15)11-18(16(2)23-21)12-29-13-19(24-27-29)14-31-22-25-26-28-30(22)20-6-4-3-5-7-20/h3-11,13H,12,14H2,1-2H3. The van der Waals surface area contributed by atoms with Gasteiger partial charge in [0.2, 0.25) is 5.16 Å². The summed E-state index contributed by atoms with van der Waals surface area (Å²) in [6, 6.07) is 18.3. The molecule has 3 aromatic heterocycles. The van der Waals surface area contributed by atoms with E-state index in [1.807, 2.05) is 48.1 Å². The van der Waals surface area contributed by atoms with E-state index in [1.165, 1.54) is 17.3 Å². The summed E-state index contributed by atoms with van der Waals surface area (Å²) < 4.78 is 3.57. The van der Waals surface area contributed by atoms with Crippen LogP contribution in [0, 0.1) is 13.8 Å². The third-order valence-electron chi connectivity index (χ3n) is 4.97. The van der Waals surface area contributed by atoms with Gasteiger partial charge in [-0.15, -0.1) is 10.2 Å². The van der Waals surface area contributed by atoms with Gasteiger partial charge >= 0.3 is 0 Å². The van der Waals surface area contributed by atoms with E-state index < -0.39 is 0 Å². The van der Waals surface area contributed by atoms with Crippen LogP contribution in [0.15, 0.2) is 66.0 Å². The second-order valence-electron chi connectivity index (χ2n) is 7.33. The van der Waals surface area contributed by atoms with Crippen molar-refractivity contribution in [1.82, 2.24) is 40.2 Å². The molecule has 0 saturated carbocycles. The zero-order valence-electron chi connectivity index (χ0n) is 17.2. The molecule has 0 atom stereocenters. The number of rotatable bonds is 6. The van der Waals surface area contributed by atoms with Gasteiger partial charge in [0.1, 0.15) is 0 Å². The molecular weight excluding hydrogens is 408 g/mol. The van der Waals surface area contributed by atoms with E-state index in [9.17, 15) is 0 Å². The lowest BCUT2D eigenvalue weighted by atomic mass is 10.1. The van der Waals surface area contributed by atoms with Gasteiger partial charge in [0.25, 0.3) is 0 Å². The van der Waals surface area contributed by atoms with Gasteiger partial charge in [-0.2, -0.15) is 4.68 Å². The number of nitrogens with zero attached hydrogens (tertiary/aromatic N) is 8. The topological polar surface area (TPSA) is 87.2 Å². The van der Waals surface area contributed by atoms with Crippen molar-refractivity contribution in [3.8, 4) is 5.69 Å². The van der Waals surface area contributed by atoms with E-state index in [0.29, 0.717) is 17.5 Å². The fourth-order valence-corrected chi connectivity index (χ4v) is 4.16. The Morgan fingerprint density at radius 3 is 2.68 bits per heavy atom. The van der Waals surface area contributed by atoms with Crippen LogP contribution in [0.5, 0.6) is 0 Å². The first-order valence-corrected chi connectivity index (χ1v) is 10.9. The van der Waals surface area contributed by atoms with E-state index in [2.05, 4.69) is 57.0 Å². The zero-order chi connectivity index (χ0) is 21.2. The molecule has 0 amide bonds. The minimum atomic E-state index is 0.626. The van der Waals surface area contributed by atoms with Crippen molar-refractivity contribution < 1.29 is 0 Å². The maximum absolute atomic E-state index is 4.74. The number of tetrazole rings is 1. The van der Waals surface area contributed by atoms with E-state index >= 15 is 0 Å². The van der Waals surface area contributed by atoms with Gasteiger partial charge in [0, 0.05) is 23.0 Å². The highest BCUT2D eigenvalue weighted by molar-refractivity contribution is 7.98. The molecule has 9 heteroatoms. The molecule has 0 aliphatic heterocycles. The Bertz CT molecular complexity index is 1340. The van der Waals surface area contributed by atoms with Crippen molar-refractivity contribution in [2.24, 2.45) is 0 Å². The first kappa shape index (κ1) is 19.4. The maximum atomic E-state index is 4.74. The van der Waals surface area contributed by atoms with E-state index in [-0.39, 0.29) is 0 Å². The average Bonchev–Trinajstić information content (AvgIpc) is 3.43. The average molecular weight is 429 g/mol. The summed E-state index contributed by atoms with van der Waals surface area (Å²) in [5.74, 6) is 0.626. The molecule has 5 rings (SSSR count). The molecule has 0 unspecified atom stereocenters. The van der Waals surface area contributed by atoms with Crippen LogP contribution in [0.25, 0.3) is 16.6 Å². The van der Waals surface area contributed by atoms with E-state index in [0.717, 1.165) is 33.5 Å². The second kappa shape index (κ2) is 8.27. The van der Waals surface area contributed by atoms with Crippen LogP contribution in [-0.4, -0.2) is 40.2 Å². The van der Waals surface area contributed by atoms with Crippen LogP contribution in [0.4, 0.5) is 0 Å². The Morgan fingerprint density at radius 2 is 1.81 bits per heavy atom. The van der Waals surface area contributed by atoms with Crippen LogP contribution in [-0.2, 0) is 12.3 Å². The van der Waals surface area contributed by atoms with Gasteiger partial charge in [0.05, 0.1) is 23.4 Å². The number of aromatic nitrogens is 8. The van der Waals surface area contributed by atoms with Crippen molar-refractivity contribution in [3.63, 3.8) is 0 Å². The summed E-state index contributed by atoms with van der Waals surface area (Å²) >= 11 is 1.53. The lowest BCUT2D eigenvalue weighted by molar-refractivity contribution is 0.646. The van der Waals surface area contributed by atoms with Gasteiger partial charge < -0.3 is 0 Å². The molecular formula is C22H20N8S. The Hall–Kier alpha value is -3.59. The summed E-state index contributed by atoms with van der Waals surface area (Å²) in [6.07, 6.45) is 1.96. The molecule has 8 nitrogen and oxygen atoms in total. The Balaban J connectivity index is 1.30. The molecule has 3 heterocycles. The number of pyridine rings is 1. The maximum Gasteiger partial charge on any atom is 0.214 e. The monoisotopic (exact) mass is 428 g/mol. The predicted molar refractivity (Wildman–Crippen MR) is 119 cm³/mol. The molecule has 31 heavy (non-hydrogen) atoms. The van der Waals surface area contributed by atoms with E-state index in [1.54, 1.807) is 4.68 Å². The number of para-hydroxylation sites is 1. The van der Waals surface area contributed by atoms with Crippen LogP contribution < -0.4 is 0 Å². The molecule has 0 aliphatic rings. The quantitative estimate of drug-likeness (QED) is 0.381. The molecule has 0 bridgehead atoms. The minimum absolute atomic E-state index is 0.626. The summed E-state index contributed by atoms with van der Waals surface area (Å²) in [6.45, 7) is 4.75. The van der Waals surface area contributed by atoms with Crippen molar-refractivity contribution >= 4 is 22.7 Å². The van der Waals surface area contributed by atoms with Gasteiger partial charge in [-0.05, 0) is 60.2 Å². The third kappa shape index (κ3) is 4.17. The summed E-state index contributed by atoms with van der Waals surface area (Å²) in [7, 11) is 0. The molecule has 0 radical (unpaired) electrons. The highest BCUT2D eigenvalue weighted by Gasteiger charge is 2.11. The van der Waals surface area contributed by atoms with Crippen molar-refractivity contribution in [3.05, 3.63) is 83.3 Å². The predicted octanol–water partition coefficient (Wildman–Crippen LogP) is 3.76. The SMILES string of the molecule is Cc1ccc2nc(C)c(Cn3cc(CSc4nnnn4-c4ccccc4)nn3)cc2c1. The molecule has 0 spiro atoms. The highest BCUT2D eigenvalue weighted by Crippen LogP contribution is 2.22. The normalized spacial score (nSPS) is 11.3. The van der Waals surface area contributed by atoms with Crippen molar-refractivity contribution in [2.75, 3.05) is 0 Å². The first-order valence-electron chi connectivity index (χ1n) is 9.88. The lowest BCUT2D eigenvalue weighted by Gasteiger charge is -2.08. The molecule has 0 fully saturated rings. The van der Waals surface area contributed by atoms with Crippen LogP contribution in [0.2, 0.25) is 0 Å².